The molecule has 0 spiro atoms. The van der Waals surface area contributed by atoms with E-state index in [9.17, 15) is 9.59 Å². The molecule has 0 fully saturated rings. The first kappa shape index (κ1) is 13.7. The Morgan fingerprint density at radius 3 is 2.60 bits per heavy atom. The molecule has 1 amide bonds. The second-order valence-corrected chi connectivity index (χ2v) is 4.05. The van der Waals surface area contributed by atoms with Crippen LogP contribution in [0.4, 0.5) is 5.82 Å². The van der Waals surface area contributed by atoms with Gasteiger partial charge in [0.25, 0.3) is 5.91 Å². The minimum absolute atomic E-state index is 0.319. The predicted molar refractivity (Wildman–Crippen MR) is 72.5 cm³/mol. The van der Waals surface area contributed by atoms with E-state index in [-0.39, 0.29) is 5.91 Å². The van der Waals surface area contributed by atoms with E-state index in [1.807, 2.05) is 0 Å². The molecule has 0 unspecified atom stereocenters. The van der Waals surface area contributed by atoms with Crippen LogP contribution in [0.2, 0.25) is 0 Å². The monoisotopic (exact) mass is 271 g/mol. The number of ether oxygens (including phenoxy) is 1. The Bertz CT molecular complexity index is 638. The van der Waals surface area contributed by atoms with Crippen LogP contribution in [-0.4, -0.2) is 29.0 Å². The van der Waals surface area contributed by atoms with Gasteiger partial charge in [-0.25, -0.2) is 9.78 Å². The third kappa shape index (κ3) is 2.97. The van der Waals surface area contributed by atoms with E-state index >= 15 is 0 Å². The second kappa shape index (κ2) is 5.92. The van der Waals surface area contributed by atoms with Crippen LogP contribution >= 0.6 is 0 Å². The number of hydrogen-bond acceptors (Lipinski definition) is 5. The third-order valence-electron chi connectivity index (χ3n) is 2.65. The lowest BCUT2D eigenvalue weighted by molar-refractivity contribution is 0.0600. The maximum Gasteiger partial charge on any atom is 0.339 e. The number of amides is 1. The highest BCUT2D eigenvalue weighted by Gasteiger charge is 2.11. The van der Waals surface area contributed by atoms with E-state index in [2.05, 4.69) is 20.0 Å². The van der Waals surface area contributed by atoms with E-state index in [1.165, 1.54) is 25.4 Å². The number of carbonyl (C=O) groups is 2. The summed E-state index contributed by atoms with van der Waals surface area (Å²) in [4.78, 5) is 31.3. The van der Waals surface area contributed by atoms with E-state index in [4.69, 9.17) is 0 Å². The maximum absolute atomic E-state index is 12.0. The summed E-state index contributed by atoms with van der Waals surface area (Å²) in [5.74, 6) is -0.481. The van der Waals surface area contributed by atoms with Crippen molar-refractivity contribution < 1.29 is 14.3 Å². The van der Waals surface area contributed by atoms with Crippen LogP contribution in [0.15, 0.2) is 36.7 Å². The van der Waals surface area contributed by atoms with Crippen LogP contribution in [0.5, 0.6) is 0 Å². The summed E-state index contributed by atoms with van der Waals surface area (Å²) in [6, 6.07) is 6.62. The van der Waals surface area contributed by atoms with Crippen molar-refractivity contribution in [1.82, 2.24) is 9.97 Å². The fourth-order valence-electron chi connectivity index (χ4n) is 1.61. The van der Waals surface area contributed by atoms with Crippen LogP contribution in [-0.2, 0) is 4.74 Å². The first-order chi connectivity index (χ1) is 9.61. The van der Waals surface area contributed by atoms with Gasteiger partial charge in [-0.05, 0) is 30.7 Å². The molecule has 2 rings (SSSR count). The standard InChI is InChI=1S/C14H13N3O3/c1-9-4-3-7-15-12(9)13(18)17-11-6-5-10(8-16-11)14(19)20-2/h3-8H,1-2H3,(H,16,17,18). The van der Waals surface area contributed by atoms with E-state index in [0.29, 0.717) is 17.1 Å². The molecule has 0 atom stereocenters. The summed E-state index contributed by atoms with van der Waals surface area (Å²) in [5, 5.41) is 2.62. The van der Waals surface area contributed by atoms with E-state index < -0.39 is 5.97 Å². The zero-order valence-electron chi connectivity index (χ0n) is 11.1. The number of esters is 1. The molecular weight excluding hydrogens is 258 g/mol. The Kier molecular flexibility index (Phi) is 4.05. The zero-order chi connectivity index (χ0) is 14.5. The first-order valence-corrected chi connectivity index (χ1v) is 5.89. The number of rotatable bonds is 3. The summed E-state index contributed by atoms with van der Waals surface area (Å²) < 4.78 is 4.57. The quantitative estimate of drug-likeness (QED) is 0.861. The molecule has 1 N–H and O–H groups in total. The maximum atomic E-state index is 12.0. The van der Waals surface area contributed by atoms with Crippen LogP contribution in [0.25, 0.3) is 0 Å². The van der Waals surface area contributed by atoms with Crippen molar-refractivity contribution in [3.05, 3.63) is 53.5 Å². The molecule has 2 aromatic rings. The smallest absolute Gasteiger partial charge is 0.339 e. The molecule has 0 saturated carbocycles. The summed E-state index contributed by atoms with van der Waals surface area (Å²) in [6.07, 6.45) is 2.89. The lowest BCUT2D eigenvalue weighted by Crippen LogP contribution is -2.16. The molecule has 0 aromatic carbocycles. The number of carbonyl (C=O) groups excluding carboxylic acids is 2. The van der Waals surface area contributed by atoms with Crippen molar-refractivity contribution in [1.29, 1.82) is 0 Å². The van der Waals surface area contributed by atoms with E-state index in [1.54, 1.807) is 25.3 Å². The Labute approximate surface area is 115 Å². The second-order valence-electron chi connectivity index (χ2n) is 4.05. The highest BCUT2D eigenvalue weighted by molar-refractivity contribution is 6.03. The largest absolute Gasteiger partial charge is 0.465 e. The van der Waals surface area contributed by atoms with Crippen molar-refractivity contribution in [2.75, 3.05) is 12.4 Å². The third-order valence-corrected chi connectivity index (χ3v) is 2.65. The van der Waals surface area contributed by atoms with Crippen LogP contribution < -0.4 is 5.32 Å². The van der Waals surface area contributed by atoms with Gasteiger partial charge in [-0.15, -0.1) is 0 Å². The molecule has 0 radical (unpaired) electrons. The normalized spacial score (nSPS) is 9.90. The highest BCUT2D eigenvalue weighted by atomic mass is 16.5. The summed E-state index contributed by atoms with van der Waals surface area (Å²) in [6.45, 7) is 1.80. The lowest BCUT2D eigenvalue weighted by atomic mass is 10.2. The van der Waals surface area contributed by atoms with Gasteiger partial charge in [0.15, 0.2) is 0 Å². The number of nitrogens with zero attached hydrogens (tertiary/aromatic N) is 2. The molecule has 0 aliphatic rings. The Morgan fingerprint density at radius 1 is 1.20 bits per heavy atom. The fraction of sp³-hybridized carbons (Fsp3) is 0.143. The lowest BCUT2D eigenvalue weighted by Gasteiger charge is -2.06. The number of pyridine rings is 2. The molecule has 6 heteroatoms. The molecule has 102 valence electrons. The number of aryl methyl sites for hydroxylation is 1. The molecule has 20 heavy (non-hydrogen) atoms. The average molecular weight is 271 g/mol. The predicted octanol–water partition coefficient (Wildman–Crippen LogP) is 1.82. The van der Waals surface area contributed by atoms with Gasteiger partial charge in [0.2, 0.25) is 0 Å². The Hall–Kier alpha value is -2.76. The minimum atomic E-state index is -0.476. The summed E-state index contributed by atoms with van der Waals surface area (Å²) in [7, 11) is 1.29. The summed E-state index contributed by atoms with van der Waals surface area (Å²) in [5.41, 5.74) is 1.43. The molecule has 6 nitrogen and oxygen atoms in total. The van der Waals surface area contributed by atoms with Gasteiger partial charge < -0.3 is 10.1 Å². The molecule has 0 saturated heterocycles. The molecule has 2 heterocycles. The van der Waals surface area contributed by atoms with Crippen molar-refractivity contribution in [2.45, 2.75) is 6.92 Å². The molecular formula is C14H13N3O3. The molecule has 0 bridgehead atoms. The van der Waals surface area contributed by atoms with Gasteiger partial charge in [-0.1, -0.05) is 6.07 Å². The Morgan fingerprint density at radius 2 is 2.00 bits per heavy atom. The number of methoxy groups -OCH3 is 1. The van der Waals surface area contributed by atoms with Crippen molar-refractivity contribution >= 4 is 17.7 Å². The van der Waals surface area contributed by atoms with Gasteiger partial charge in [0.1, 0.15) is 11.5 Å². The Balaban J connectivity index is 2.13. The van der Waals surface area contributed by atoms with Gasteiger partial charge in [0, 0.05) is 12.4 Å². The minimum Gasteiger partial charge on any atom is -0.465 e. The number of aromatic nitrogens is 2. The first-order valence-electron chi connectivity index (χ1n) is 5.89. The highest BCUT2D eigenvalue weighted by Crippen LogP contribution is 2.09. The fourth-order valence-corrected chi connectivity index (χ4v) is 1.61. The molecule has 0 aliphatic heterocycles. The van der Waals surface area contributed by atoms with Crippen molar-refractivity contribution in [3.63, 3.8) is 0 Å². The van der Waals surface area contributed by atoms with Gasteiger partial charge >= 0.3 is 5.97 Å². The molecule has 2 aromatic heterocycles. The number of hydrogen-bond donors (Lipinski definition) is 1. The average Bonchev–Trinajstić information content (AvgIpc) is 2.47. The van der Waals surface area contributed by atoms with Crippen molar-refractivity contribution in [2.24, 2.45) is 0 Å². The summed E-state index contributed by atoms with van der Waals surface area (Å²) >= 11 is 0. The number of anilines is 1. The van der Waals surface area contributed by atoms with Crippen LogP contribution in [0.1, 0.15) is 26.4 Å². The van der Waals surface area contributed by atoms with Gasteiger partial charge in [-0.3, -0.25) is 9.78 Å². The zero-order valence-corrected chi connectivity index (χ0v) is 11.1. The van der Waals surface area contributed by atoms with Gasteiger partial charge in [0.05, 0.1) is 12.7 Å². The SMILES string of the molecule is COC(=O)c1ccc(NC(=O)c2ncccc2C)nc1. The van der Waals surface area contributed by atoms with Crippen LogP contribution in [0, 0.1) is 6.92 Å². The van der Waals surface area contributed by atoms with Crippen LogP contribution in [0.3, 0.4) is 0 Å². The van der Waals surface area contributed by atoms with E-state index in [0.717, 1.165) is 5.56 Å². The topological polar surface area (TPSA) is 81.2 Å². The van der Waals surface area contributed by atoms with Gasteiger partial charge in [-0.2, -0.15) is 0 Å². The number of nitrogens with one attached hydrogen (secondary N) is 1. The molecule has 0 aliphatic carbocycles. The van der Waals surface area contributed by atoms with Crippen molar-refractivity contribution in [3.8, 4) is 0 Å².